The molecule has 1 aromatic carbocycles. The average molecular weight is 404 g/mol. The molecule has 5 rings (SSSR count). The van der Waals surface area contributed by atoms with E-state index in [0.717, 1.165) is 43.0 Å². The van der Waals surface area contributed by atoms with E-state index in [1.165, 1.54) is 18.4 Å². The van der Waals surface area contributed by atoms with Crippen LogP contribution < -0.4 is 10.6 Å². The van der Waals surface area contributed by atoms with Gasteiger partial charge in [0.05, 0.1) is 17.1 Å². The van der Waals surface area contributed by atoms with E-state index in [9.17, 15) is 4.79 Å². The van der Waals surface area contributed by atoms with Crippen LogP contribution in [0.2, 0.25) is 0 Å². The lowest BCUT2D eigenvalue weighted by Crippen LogP contribution is -2.55. The zero-order valence-electron chi connectivity index (χ0n) is 17.5. The first kappa shape index (κ1) is 19.2. The monoisotopic (exact) mass is 403 g/mol. The summed E-state index contributed by atoms with van der Waals surface area (Å²) in [5.74, 6) is 1.04. The summed E-state index contributed by atoms with van der Waals surface area (Å²) in [5, 5.41) is 7.44. The van der Waals surface area contributed by atoms with Gasteiger partial charge >= 0.3 is 0 Å². The number of nitrogens with one attached hydrogen (secondary N) is 2. The minimum atomic E-state index is -0.338. The van der Waals surface area contributed by atoms with Crippen LogP contribution in [-0.2, 0) is 6.54 Å². The van der Waals surface area contributed by atoms with Crippen molar-refractivity contribution in [2.24, 2.45) is 4.99 Å². The molecule has 0 radical (unpaired) electrons. The summed E-state index contributed by atoms with van der Waals surface area (Å²) in [4.78, 5) is 24.6. The molecule has 6 heteroatoms. The van der Waals surface area contributed by atoms with Gasteiger partial charge in [-0.2, -0.15) is 0 Å². The van der Waals surface area contributed by atoms with Gasteiger partial charge < -0.3 is 10.2 Å². The van der Waals surface area contributed by atoms with E-state index >= 15 is 0 Å². The van der Waals surface area contributed by atoms with Gasteiger partial charge in [0, 0.05) is 37.2 Å². The largest absolute Gasteiger partial charge is 0.342 e. The van der Waals surface area contributed by atoms with Gasteiger partial charge in [0.2, 0.25) is 0 Å². The molecule has 6 nitrogen and oxygen atoms in total. The molecule has 1 amide bonds. The predicted molar refractivity (Wildman–Crippen MR) is 119 cm³/mol. The molecular weight excluding hydrogens is 374 g/mol. The minimum absolute atomic E-state index is 0.0446. The van der Waals surface area contributed by atoms with Gasteiger partial charge in [-0.15, -0.1) is 0 Å². The Morgan fingerprint density at radius 2 is 2.03 bits per heavy atom. The summed E-state index contributed by atoms with van der Waals surface area (Å²) in [6.45, 7) is 4.03. The summed E-state index contributed by atoms with van der Waals surface area (Å²) in [5.41, 5.74) is 3.59. The van der Waals surface area contributed by atoms with Gasteiger partial charge in [0.25, 0.3) is 5.91 Å². The van der Waals surface area contributed by atoms with Crippen LogP contribution in [0.4, 0.5) is 5.69 Å². The van der Waals surface area contributed by atoms with Crippen LogP contribution in [0, 0.1) is 6.92 Å². The normalized spacial score (nSPS) is 25.4. The maximum atomic E-state index is 13.1. The number of pyridine rings is 1. The molecule has 0 bridgehead atoms. The highest BCUT2D eigenvalue weighted by molar-refractivity contribution is 6.05. The smallest absolute Gasteiger partial charge is 0.255 e. The van der Waals surface area contributed by atoms with E-state index in [2.05, 4.69) is 39.9 Å². The molecule has 1 atom stereocenters. The Labute approximate surface area is 177 Å². The second-order valence-electron chi connectivity index (χ2n) is 8.80. The molecule has 2 N–H and O–H groups in total. The number of aliphatic imine (C=N–C) groups is 1. The molecule has 3 heterocycles. The lowest BCUT2D eigenvalue weighted by atomic mass is 9.96. The van der Waals surface area contributed by atoms with Gasteiger partial charge in [0.1, 0.15) is 5.84 Å². The van der Waals surface area contributed by atoms with Gasteiger partial charge in [0.15, 0.2) is 0 Å². The molecule has 1 spiro atoms. The number of anilines is 1. The maximum absolute atomic E-state index is 13.1. The molecule has 1 saturated heterocycles. The van der Waals surface area contributed by atoms with E-state index in [1.54, 1.807) is 6.20 Å². The summed E-state index contributed by atoms with van der Waals surface area (Å²) >= 11 is 0. The molecule has 2 aliphatic heterocycles. The molecule has 1 saturated carbocycles. The molecule has 156 valence electrons. The second-order valence-corrected chi connectivity index (χ2v) is 8.80. The van der Waals surface area contributed by atoms with Gasteiger partial charge in [-0.3, -0.25) is 20.1 Å². The van der Waals surface area contributed by atoms with Crippen LogP contribution in [0.15, 0.2) is 47.6 Å². The van der Waals surface area contributed by atoms with Crippen LogP contribution in [0.1, 0.15) is 53.7 Å². The fraction of sp³-hybridized carbons (Fsp3) is 0.458. The topological polar surface area (TPSA) is 69.6 Å². The van der Waals surface area contributed by atoms with E-state index in [-0.39, 0.29) is 11.4 Å². The zero-order valence-corrected chi connectivity index (χ0v) is 17.5. The first-order valence-corrected chi connectivity index (χ1v) is 11.0. The molecule has 2 aromatic rings. The number of likely N-dealkylation sites (tertiary alicyclic amines) is 1. The fourth-order valence-corrected chi connectivity index (χ4v) is 4.86. The highest BCUT2D eigenvalue weighted by Crippen LogP contribution is 2.32. The van der Waals surface area contributed by atoms with Crippen LogP contribution in [0.3, 0.4) is 0 Å². The summed E-state index contributed by atoms with van der Waals surface area (Å²) in [6.07, 6.45) is 7.35. The number of carbonyl (C=O) groups excluding carboxylic acids is 1. The Kier molecular flexibility index (Phi) is 5.03. The molecule has 2 fully saturated rings. The van der Waals surface area contributed by atoms with E-state index < -0.39 is 0 Å². The number of nitrogens with zero attached hydrogens (tertiary/aromatic N) is 3. The number of para-hydroxylation sites is 1. The fourth-order valence-electron chi connectivity index (χ4n) is 4.86. The molecular formula is C24H29N5O. The lowest BCUT2D eigenvalue weighted by molar-refractivity contribution is 0.0785. The summed E-state index contributed by atoms with van der Waals surface area (Å²) < 4.78 is 0. The Morgan fingerprint density at radius 3 is 2.83 bits per heavy atom. The van der Waals surface area contributed by atoms with E-state index in [4.69, 9.17) is 4.99 Å². The van der Waals surface area contributed by atoms with Crippen molar-refractivity contribution in [3.63, 3.8) is 0 Å². The number of aryl methyl sites for hydroxylation is 1. The number of hydrogen-bond donors (Lipinski definition) is 2. The second kappa shape index (κ2) is 7.84. The standard InChI is InChI=1S/C24H29N5O/c1-17-10-11-19(14-25-17)22(30)29-13-12-24(16-29)23(27-20-7-3-4-8-20)28-21-9-5-2-6-18(21)15-26-24/h2,5-6,9-11,14,20,26H,3-4,7-8,12-13,15-16H2,1H3,(H,27,28)/t24-/m1/s1. The lowest BCUT2D eigenvalue weighted by Gasteiger charge is -2.31. The molecule has 3 aliphatic rings. The highest BCUT2D eigenvalue weighted by Gasteiger charge is 2.46. The van der Waals surface area contributed by atoms with Crippen molar-refractivity contribution >= 4 is 17.4 Å². The van der Waals surface area contributed by atoms with Crippen LogP contribution >= 0.6 is 0 Å². The number of hydrogen-bond acceptors (Lipinski definition) is 4. The maximum Gasteiger partial charge on any atom is 0.255 e. The Morgan fingerprint density at radius 1 is 1.20 bits per heavy atom. The Hall–Kier alpha value is -2.73. The van der Waals surface area contributed by atoms with Crippen molar-refractivity contribution in [3.05, 3.63) is 59.4 Å². The first-order valence-electron chi connectivity index (χ1n) is 11.0. The number of amides is 1. The van der Waals surface area contributed by atoms with E-state index in [0.29, 0.717) is 24.7 Å². The van der Waals surface area contributed by atoms with Crippen molar-refractivity contribution in [1.29, 1.82) is 0 Å². The van der Waals surface area contributed by atoms with Crippen LogP contribution in [-0.4, -0.2) is 46.3 Å². The molecule has 30 heavy (non-hydrogen) atoms. The van der Waals surface area contributed by atoms with Gasteiger partial charge in [-0.25, -0.2) is 0 Å². The van der Waals surface area contributed by atoms with Gasteiger partial charge in [-0.1, -0.05) is 31.0 Å². The minimum Gasteiger partial charge on any atom is -0.342 e. The number of fused-ring (bicyclic) bond motifs is 1. The van der Waals surface area contributed by atoms with Crippen molar-refractivity contribution in [2.75, 3.05) is 18.4 Å². The average Bonchev–Trinajstić information content (AvgIpc) is 3.40. The van der Waals surface area contributed by atoms with Crippen molar-refractivity contribution < 1.29 is 4.79 Å². The van der Waals surface area contributed by atoms with Crippen LogP contribution in [0.25, 0.3) is 0 Å². The number of aromatic nitrogens is 1. The van der Waals surface area contributed by atoms with Crippen LogP contribution in [0.5, 0.6) is 0 Å². The van der Waals surface area contributed by atoms with Gasteiger partial charge in [-0.05, 0) is 49.9 Å². The summed E-state index contributed by atoms with van der Waals surface area (Å²) in [7, 11) is 0. The SMILES string of the molecule is Cc1ccc(C(=O)N2CC[C@]3(C2)NCc2ccccc2NC3=NC2CCCC2)cn1. The number of rotatable bonds is 2. The summed E-state index contributed by atoms with van der Waals surface area (Å²) in [6, 6.07) is 12.6. The third-order valence-electron chi connectivity index (χ3n) is 6.69. The van der Waals surface area contributed by atoms with E-state index in [1.807, 2.05) is 24.0 Å². The predicted octanol–water partition coefficient (Wildman–Crippen LogP) is 3.53. The van der Waals surface area contributed by atoms with Crippen molar-refractivity contribution in [1.82, 2.24) is 15.2 Å². The molecule has 0 unspecified atom stereocenters. The first-order chi connectivity index (χ1) is 14.6. The third kappa shape index (κ3) is 3.60. The quantitative estimate of drug-likeness (QED) is 0.805. The molecule has 1 aliphatic carbocycles. The zero-order chi connectivity index (χ0) is 20.6. The van der Waals surface area contributed by atoms with Crippen molar-refractivity contribution in [2.45, 2.75) is 57.2 Å². The van der Waals surface area contributed by atoms with Crippen molar-refractivity contribution in [3.8, 4) is 0 Å². The molecule has 1 aromatic heterocycles. The third-order valence-corrected chi connectivity index (χ3v) is 6.69. The number of benzene rings is 1. The Balaban J connectivity index is 1.44. The highest BCUT2D eigenvalue weighted by atomic mass is 16.2. The Bertz CT molecular complexity index is 964. The number of amidine groups is 1. The number of carbonyl (C=O) groups is 1.